The molecule has 1 rings (SSSR count). The highest BCUT2D eigenvalue weighted by atomic mass is 19.1. The van der Waals surface area contributed by atoms with E-state index in [1.54, 1.807) is 4.90 Å². The molecule has 21 heavy (non-hydrogen) atoms. The third-order valence-corrected chi connectivity index (χ3v) is 3.00. The zero-order chi connectivity index (χ0) is 15.9. The van der Waals surface area contributed by atoms with Gasteiger partial charge in [0.05, 0.1) is 6.67 Å². The second-order valence-electron chi connectivity index (χ2n) is 6.25. The number of ether oxygens (including phenoxy) is 1. The Morgan fingerprint density at radius 1 is 1.19 bits per heavy atom. The number of halogens is 1. The molecule has 0 aliphatic heterocycles. The van der Waals surface area contributed by atoms with E-state index in [2.05, 4.69) is 24.3 Å². The van der Waals surface area contributed by atoms with Crippen LogP contribution in [-0.4, -0.2) is 36.4 Å². The fourth-order valence-corrected chi connectivity index (χ4v) is 1.89. The van der Waals surface area contributed by atoms with Crippen molar-refractivity contribution in [1.82, 2.24) is 4.90 Å². The highest BCUT2D eigenvalue weighted by Gasteiger charge is 2.21. The highest BCUT2D eigenvalue weighted by Crippen LogP contribution is 2.12. The van der Waals surface area contributed by atoms with E-state index in [0.717, 1.165) is 12.0 Å². The molecular weight excluding hydrogens is 269 g/mol. The molecule has 0 radical (unpaired) electrons. The first-order valence-corrected chi connectivity index (χ1v) is 7.41. The van der Waals surface area contributed by atoms with Crippen LogP contribution in [0.15, 0.2) is 24.3 Å². The van der Waals surface area contributed by atoms with Crippen LogP contribution in [0.3, 0.4) is 0 Å². The molecule has 1 aromatic carbocycles. The number of alkyl halides is 1. The van der Waals surface area contributed by atoms with E-state index in [-0.39, 0.29) is 6.09 Å². The van der Waals surface area contributed by atoms with E-state index >= 15 is 0 Å². The van der Waals surface area contributed by atoms with Gasteiger partial charge in [-0.2, -0.15) is 0 Å². The molecule has 0 heterocycles. The molecule has 3 nitrogen and oxygen atoms in total. The Morgan fingerprint density at radius 2 is 1.81 bits per heavy atom. The molecule has 0 aromatic heterocycles. The summed E-state index contributed by atoms with van der Waals surface area (Å²) in [6.45, 7) is 8.03. The molecule has 0 N–H and O–H groups in total. The molecule has 0 atom stereocenters. The summed E-state index contributed by atoms with van der Waals surface area (Å²) in [4.78, 5) is 13.7. The second kappa shape index (κ2) is 8.01. The maximum atomic E-state index is 12.4. The molecule has 0 saturated carbocycles. The van der Waals surface area contributed by atoms with Crippen LogP contribution in [0, 0.1) is 6.92 Å². The lowest BCUT2D eigenvalue weighted by Crippen LogP contribution is -2.38. The first kappa shape index (κ1) is 17.5. The monoisotopic (exact) mass is 295 g/mol. The zero-order valence-corrected chi connectivity index (χ0v) is 13.5. The molecule has 4 heteroatoms. The van der Waals surface area contributed by atoms with Gasteiger partial charge in [0, 0.05) is 13.1 Å². The van der Waals surface area contributed by atoms with Crippen molar-refractivity contribution in [2.75, 3.05) is 19.8 Å². The maximum absolute atomic E-state index is 12.4. The Labute approximate surface area is 127 Å². The summed E-state index contributed by atoms with van der Waals surface area (Å²) in [5.74, 6) is 0. The van der Waals surface area contributed by atoms with Crippen molar-refractivity contribution >= 4 is 6.09 Å². The zero-order valence-electron chi connectivity index (χ0n) is 13.5. The lowest BCUT2D eigenvalue weighted by atomic mass is 10.1. The summed E-state index contributed by atoms with van der Waals surface area (Å²) < 4.78 is 17.8. The molecule has 0 aliphatic rings. The molecule has 0 fully saturated rings. The minimum atomic E-state index is -0.533. The summed E-state index contributed by atoms with van der Waals surface area (Å²) in [7, 11) is 0. The third kappa shape index (κ3) is 7.11. The van der Waals surface area contributed by atoms with E-state index in [0.29, 0.717) is 19.5 Å². The quantitative estimate of drug-likeness (QED) is 0.789. The van der Waals surface area contributed by atoms with Crippen LogP contribution in [0.25, 0.3) is 0 Å². The molecule has 0 aliphatic carbocycles. The van der Waals surface area contributed by atoms with E-state index < -0.39 is 12.3 Å². The molecular formula is C17H26FNO2. The average Bonchev–Trinajstić information content (AvgIpc) is 2.38. The smallest absolute Gasteiger partial charge is 0.410 e. The number of nitrogens with zero attached hydrogens (tertiary/aromatic N) is 1. The van der Waals surface area contributed by atoms with Crippen molar-refractivity contribution in [3.8, 4) is 0 Å². The van der Waals surface area contributed by atoms with Crippen LogP contribution in [0.5, 0.6) is 0 Å². The van der Waals surface area contributed by atoms with Crippen molar-refractivity contribution in [3.05, 3.63) is 35.4 Å². The summed E-state index contributed by atoms with van der Waals surface area (Å²) >= 11 is 0. The number of hydrogen-bond donors (Lipinski definition) is 0. The Balaban J connectivity index is 2.60. The van der Waals surface area contributed by atoms with Crippen LogP contribution < -0.4 is 0 Å². The van der Waals surface area contributed by atoms with E-state index in [9.17, 15) is 9.18 Å². The van der Waals surface area contributed by atoms with Gasteiger partial charge < -0.3 is 9.64 Å². The normalized spacial score (nSPS) is 11.3. The van der Waals surface area contributed by atoms with Gasteiger partial charge >= 0.3 is 6.09 Å². The van der Waals surface area contributed by atoms with Gasteiger partial charge in [0.25, 0.3) is 0 Å². The predicted octanol–water partition coefficient (Wildman–Crippen LogP) is 4.13. The van der Waals surface area contributed by atoms with Crippen LogP contribution in [0.2, 0.25) is 0 Å². The molecule has 118 valence electrons. The molecule has 0 unspecified atom stereocenters. The summed E-state index contributed by atoms with van der Waals surface area (Å²) in [5, 5.41) is 0. The van der Waals surface area contributed by atoms with Crippen molar-refractivity contribution < 1.29 is 13.9 Å². The molecule has 1 amide bonds. The number of amides is 1. The first-order valence-electron chi connectivity index (χ1n) is 7.41. The number of rotatable bonds is 6. The molecule has 0 bridgehead atoms. The van der Waals surface area contributed by atoms with E-state index in [4.69, 9.17) is 4.74 Å². The standard InChI is InChI=1S/C17H26FNO2/c1-14-6-8-15(9-7-14)10-13-19(12-5-11-18)16(20)21-17(2,3)4/h6-9H,5,10-13H2,1-4H3. The van der Waals surface area contributed by atoms with E-state index in [1.807, 2.05) is 27.7 Å². The third-order valence-electron chi connectivity index (χ3n) is 3.00. The summed E-state index contributed by atoms with van der Waals surface area (Å²) in [6, 6.07) is 8.21. The highest BCUT2D eigenvalue weighted by molar-refractivity contribution is 5.68. The van der Waals surface area contributed by atoms with Crippen LogP contribution in [-0.2, 0) is 11.2 Å². The number of carbonyl (C=O) groups excluding carboxylic acids is 1. The molecule has 1 aromatic rings. The Hall–Kier alpha value is -1.58. The minimum Gasteiger partial charge on any atom is -0.444 e. The van der Waals surface area contributed by atoms with Crippen LogP contribution in [0.4, 0.5) is 9.18 Å². The van der Waals surface area contributed by atoms with Gasteiger partial charge in [0.15, 0.2) is 0 Å². The van der Waals surface area contributed by atoms with E-state index in [1.165, 1.54) is 5.56 Å². The van der Waals surface area contributed by atoms with Crippen molar-refractivity contribution in [2.45, 2.75) is 46.1 Å². The van der Waals surface area contributed by atoms with Gasteiger partial charge in [0.1, 0.15) is 5.60 Å². The number of benzene rings is 1. The lowest BCUT2D eigenvalue weighted by molar-refractivity contribution is 0.0247. The van der Waals surface area contributed by atoms with Gasteiger partial charge in [-0.15, -0.1) is 0 Å². The van der Waals surface area contributed by atoms with Crippen LogP contribution >= 0.6 is 0 Å². The topological polar surface area (TPSA) is 29.5 Å². The fourth-order valence-electron chi connectivity index (χ4n) is 1.89. The van der Waals surface area contributed by atoms with Crippen LogP contribution in [0.1, 0.15) is 38.3 Å². The maximum Gasteiger partial charge on any atom is 0.410 e. The van der Waals surface area contributed by atoms with Gasteiger partial charge in [-0.3, -0.25) is 4.39 Å². The minimum absolute atomic E-state index is 0.340. The predicted molar refractivity (Wildman–Crippen MR) is 83.3 cm³/mol. The average molecular weight is 295 g/mol. The summed E-state index contributed by atoms with van der Waals surface area (Å²) in [5.41, 5.74) is 1.84. The van der Waals surface area contributed by atoms with Crippen molar-refractivity contribution in [1.29, 1.82) is 0 Å². The first-order chi connectivity index (χ1) is 9.81. The summed E-state index contributed by atoms with van der Waals surface area (Å²) in [6.07, 6.45) is 0.710. The van der Waals surface area contributed by atoms with Gasteiger partial charge in [-0.25, -0.2) is 4.79 Å². The van der Waals surface area contributed by atoms with Gasteiger partial charge in [-0.1, -0.05) is 29.8 Å². The number of carbonyl (C=O) groups is 1. The Kier molecular flexibility index (Phi) is 6.66. The SMILES string of the molecule is Cc1ccc(CCN(CCCF)C(=O)OC(C)(C)C)cc1. The Bertz CT molecular complexity index is 437. The second-order valence-corrected chi connectivity index (χ2v) is 6.25. The molecule has 0 spiro atoms. The Morgan fingerprint density at radius 3 is 2.33 bits per heavy atom. The van der Waals surface area contributed by atoms with Crippen molar-refractivity contribution in [3.63, 3.8) is 0 Å². The lowest BCUT2D eigenvalue weighted by Gasteiger charge is -2.27. The number of hydrogen-bond acceptors (Lipinski definition) is 2. The number of aryl methyl sites for hydroxylation is 1. The van der Waals surface area contributed by atoms with Gasteiger partial charge in [-0.05, 0) is 46.1 Å². The largest absolute Gasteiger partial charge is 0.444 e. The fraction of sp³-hybridized carbons (Fsp3) is 0.588. The molecule has 0 saturated heterocycles. The van der Waals surface area contributed by atoms with Crippen molar-refractivity contribution in [2.24, 2.45) is 0 Å². The van der Waals surface area contributed by atoms with Gasteiger partial charge in [0.2, 0.25) is 0 Å².